The summed E-state index contributed by atoms with van der Waals surface area (Å²) in [4.78, 5) is 27.4. The van der Waals surface area contributed by atoms with Crippen LogP contribution < -0.4 is 0 Å². The zero-order chi connectivity index (χ0) is 19.4. The predicted molar refractivity (Wildman–Crippen MR) is 113 cm³/mol. The lowest BCUT2D eigenvalue weighted by atomic mass is 9.97. The monoisotopic (exact) mass is 449 g/mol. The van der Waals surface area contributed by atoms with E-state index in [-0.39, 0.29) is 36.3 Å². The zero-order valence-electron chi connectivity index (χ0n) is 15.6. The van der Waals surface area contributed by atoms with Gasteiger partial charge in [0.2, 0.25) is 0 Å². The van der Waals surface area contributed by atoms with Crippen LogP contribution in [0.3, 0.4) is 0 Å². The van der Waals surface area contributed by atoms with E-state index in [0.717, 1.165) is 39.4 Å². The number of thioether (sulfide) groups is 1. The van der Waals surface area contributed by atoms with Crippen LogP contribution in [0.5, 0.6) is 0 Å². The second-order valence-corrected chi connectivity index (χ2v) is 8.79. The van der Waals surface area contributed by atoms with Crippen LogP contribution in [0.4, 0.5) is 0 Å². The molecule has 1 aliphatic rings. The first-order chi connectivity index (χ1) is 13.0. The standard InChI is InChI=1S/C21H24BrNO3S/c1-14-6-5-7-15(2)23(14)19(24)12-26-20(25)13-27-18-11-10-16-8-3-4-9-17(16)21(18)22/h3-4,8-11,14-15H,5-7,12-13H2,1-2H3/t14-,15+. The highest BCUT2D eigenvalue weighted by Crippen LogP contribution is 2.34. The first-order valence-electron chi connectivity index (χ1n) is 9.24. The van der Waals surface area contributed by atoms with Gasteiger partial charge in [-0.1, -0.05) is 30.3 Å². The van der Waals surface area contributed by atoms with Crippen molar-refractivity contribution < 1.29 is 14.3 Å². The van der Waals surface area contributed by atoms with Crippen molar-refractivity contribution in [3.63, 3.8) is 0 Å². The highest BCUT2D eigenvalue weighted by atomic mass is 79.9. The second-order valence-electron chi connectivity index (χ2n) is 6.98. The molecule has 0 aromatic heterocycles. The van der Waals surface area contributed by atoms with Crippen molar-refractivity contribution >= 4 is 50.3 Å². The first-order valence-corrected chi connectivity index (χ1v) is 11.0. The lowest BCUT2D eigenvalue weighted by Gasteiger charge is -2.38. The average Bonchev–Trinajstić information content (AvgIpc) is 2.66. The molecule has 0 spiro atoms. The number of benzene rings is 2. The Morgan fingerprint density at radius 1 is 1.15 bits per heavy atom. The zero-order valence-corrected chi connectivity index (χ0v) is 18.0. The van der Waals surface area contributed by atoms with E-state index in [1.807, 2.05) is 35.2 Å². The maximum atomic E-state index is 12.4. The van der Waals surface area contributed by atoms with Crippen molar-refractivity contribution in [3.8, 4) is 0 Å². The number of fused-ring (bicyclic) bond motifs is 1. The van der Waals surface area contributed by atoms with Crippen LogP contribution in [0.15, 0.2) is 45.8 Å². The van der Waals surface area contributed by atoms with Crippen LogP contribution >= 0.6 is 27.7 Å². The van der Waals surface area contributed by atoms with E-state index < -0.39 is 0 Å². The van der Waals surface area contributed by atoms with E-state index in [2.05, 4.69) is 35.8 Å². The molecule has 0 radical (unpaired) electrons. The number of likely N-dealkylation sites (tertiary alicyclic amines) is 1. The molecular formula is C21H24BrNO3S. The average molecular weight is 450 g/mol. The first kappa shape index (κ1) is 20.2. The molecule has 0 bridgehead atoms. The van der Waals surface area contributed by atoms with E-state index in [9.17, 15) is 9.59 Å². The van der Waals surface area contributed by atoms with Gasteiger partial charge in [0.1, 0.15) is 0 Å². The van der Waals surface area contributed by atoms with Crippen LogP contribution in [0.2, 0.25) is 0 Å². The number of nitrogens with zero attached hydrogens (tertiary/aromatic N) is 1. The molecule has 1 saturated heterocycles. The maximum absolute atomic E-state index is 12.4. The SMILES string of the molecule is C[C@@H]1CCC[C@H](C)N1C(=O)COC(=O)CSc1ccc2ccccc2c1Br. The lowest BCUT2D eigenvalue weighted by molar-refractivity contribution is -0.153. The van der Waals surface area contributed by atoms with E-state index in [1.54, 1.807) is 0 Å². The van der Waals surface area contributed by atoms with Gasteiger partial charge in [-0.25, -0.2) is 0 Å². The summed E-state index contributed by atoms with van der Waals surface area (Å²) in [5.41, 5.74) is 0. The summed E-state index contributed by atoms with van der Waals surface area (Å²) in [5.74, 6) is -0.291. The van der Waals surface area contributed by atoms with E-state index in [0.29, 0.717) is 0 Å². The van der Waals surface area contributed by atoms with Gasteiger partial charge in [-0.3, -0.25) is 9.59 Å². The summed E-state index contributed by atoms with van der Waals surface area (Å²) in [6, 6.07) is 12.5. The fourth-order valence-electron chi connectivity index (χ4n) is 3.63. The highest BCUT2D eigenvalue weighted by molar-refractivity contribution is 9.10. The highest BCUT2D eigenvalue weighted by Gasteiger charge is 2.29. The molecule has 1 heterocycles. The molecule has 0 unspecified atom stereocenters. The number of rotatable bonds is 5. The third-order valence-electron chi connectivity index (χ3n) is 5.01. The number of ether oxygens (including phenoxy) is 1. The number of hydrogen-bond acceptors (Lipinski definition) is 4. The van der Waals surface area contributed by atoms with Gasteiger partial charge in [0, 0.05) is 21.5 Å². The largest absolute Gasteiger partial charge is 0.455 e. The number of amides is 1. The molecule has 0 N–H and O–H groups in total. The molecule has 0 saturated carbocycles. The summed E-state index contributed by atoms with van der Waals surface area (Å²) in [5, 5.41) is 2.26. The van der Waals surface area contributed by atoms with Crippen molar-refractivity contribution in [2.75, 3.05) is 12.4 Å². The number of carbonyl (C=O) groups is 2. The lowest BCUT2D eigenvalue weighted by Crippen LogP contribution is -2.49. The molecule has 6 heteroatoms. The molecule has 4 nitrogen and oxygen atoms in total. The van der Waals surface area contributed by atoms with Gasteiger partial charge < -0.3 is 9.64 Å². The molecule has 2 aromatic carbocycles. The number of halogens is 1. The van der Waals surface area contributed by atoms with Crippen LogP contribution in [0, 0.1) is 0 Å². The van der Waals surface area contributed by atoms with Crippen molar-refractivity contribution in [2.45, 2.75) is 50.1 Å². The van der Waals surface area contributed by atoms with Gasteiger partial charge in [0.05, 0.1) is 5.75 Å². The minimum atomic E-state index is -0.370. The molecule has 2 aromatic rings. The van der Waals surface area contributed by atoms with E-state index >= 15 is 0 Å². The van der Waals surface area contributed by atoms with Crippen molar-refractivity contribution in [1.82, 2.24) is 4.90 Å². The Morgan fingerprint density at radius 2 is 1.85 bits per heavy atom. The Balaban J connectivity index is 1.53. The summed E-state index contributed by atoms with van der Waals surface area (Å²) < 4.78 is 6.21. The topological polar surface area (TPSA) is 46.6 Å². The van der Waals surface area contributed by atoms with Gasteiger partial charge in [-0.15, -0.1) is 11.8 Å². The molecule has 1 amide bonds. The minimum Gasteiger partial charge on any atom is -0.455 e. The predicted octanol–water partition coefficient (Wildman–Crippen LogP) is 5.03. The van der Waals surface area contributed by atoms with Gasteiger partial charge in [-0.2, -0.15) is 0 Å². The molecule has 27 heavy (non-hydrogen) atoms. The summed E-state index contributed by atoms with van der Waals surface area (Å²) in [6.45, 7) is 3.94. The minimum absolute atomic E-state index is 0.0973. The Kier molecular flexibility index (Phi) is 6.82. The molecule has 144 valence electrons. The third kappa shape index (κ3) is 4.85. The van der Waals surface area contributed by atoms with E-state index in [4.69, 9.17) is 4.74 Å². The van der Waals surface area contributed by atoms with Crippen LogP contribution in [0.25, 0.3) is 10.8 Å². The molecule has 1 aliphatic heterocycles. The Labute approximate surface area is 172 Å². The summed E-state index contributed by atoms with van der Waals surface area (Å²) in [7, 11) is 0. The number of hydrogen-bond donors (Lipinski definition) is 0. The van der Waals surface area contributed by atoms with Gasteiger partial charge >= 0.3 is 5.97 Å². The van der Waals surface area contributed by atoms with E-state index in [1.165, 1.54) is 11.8 Å². The molecule has 0 aliphatic carbocycles. The summed E-state index contributed by atoms with van der Waals surface area (Å²) in [6.07, 6.45) is 3.16. The van der Waals surface area contributed by atoms with Gasteiger partial charge in [0.25, 0.3) is 5.91 Å². The molecular weight excluding hydrogens is 426 g/mol. The molecule has 1 fully saturated rings. The Hall–Kier alpha value is -1.53. The van der Waals surface area contributed by atoms with Gasteiger partial charge in [-0.05, 0) is 65.9 Å². The van der Waals surface area contributed by atoms with Crippen LogP contribution in [-0.2, 0) is 14.3 Å². The van der Waals surface area contributed by atoms with Gasteiger partial charge in [0.15, 0.2) is 6.61 Å². The fraction of sp³-hybridized carbons (Fsp3) is 0.429. The fourth-order valence-corrected chi connectivity index (χ4v) is 5.23. The van der Waals surface area contributed by atoms with Crippen molar-refractivity contribution in [1.29, 1.82) is 0 Å². The molecule has 2 atom stereocenters. The van der Waals surface area contributed by atoms with Crippen LogP contribution in [0.1, 0.15) is 33.1 Å². The second kappa shape index (κ2) is 9.11. The van der Waals surface area contributed by atoms with Crippen molar-refractivity contribution in [3.05, 3.63) is 40.9 Å². The Bertz CT molecular complexity index is 831. The normalized spacial score (nSPS) is 19.9. The van der Waals surface area contributed by atoms with Crippen LogP contribution in [-0.4, -0.2) is 41.2 Å². The third-order valence-corrected chi connectivity index (χ3v) is 7.16. The Morgan fingerprint density at radius 3 is 2.59 bits per heavy atom. The number of piperidine rings is 1. The van der Waals surface area contributed by atoms with Crippen molar-refractivity contribution in [2.24, 2.45) is 0 Å². The smallest absolute Gasteiger partial charge is 0.316 e. The number of carbonyl (C=O) groups excluding carboxylic acids is 2. The summed E-state index contributed by atoms with van der Waals surface area (Å²) >= 11 is 5.04. The maximum Gasteiger partial charge on any atom is 0.316 e. The molecule has 3 rings (SSSR count). The number of esters is 1. The quantitative estimate of drug-likeness (QED) is 0.474.